The van der Waals surface area contributed by atoms with Gasteiger partial charge in [-0.2, -0.15) is 13.2 Å². The second-order valence-electron chi connectivity index (χ2n) is 6.83. The Bertz CT molecular complexity index is 674. The fraction of sp³-hybridized carbons (Fsp3) is 0.706. The van der Waals surface area contributed by atoms with Crippen molar-refractivity contribution in [3.63, 3.8) is 0 Å². The molecule has 0 bridgehead atoms. The van der Waals surface area contributed by atoms with E-state index in [4.69, 9.17) is 0 Å². The highest BCUT2D eigenvalue weighted by molar-refractivity contribution is 14.0. The molecule has 0 atom stereocenters. The van der Waals surface area contributed by atoms with E-state index >= 15 is 0 Å². The van der Waals surface area contributed by atoms with Gasteiger partial charge in [-0.05, 0) is 13.8 Å². The van der Waals surface area contributed by atoms with Crippen molar-refractivity contribution >= 4 is 47.2 Å². The Hall–Kier alpha value is -1.15. The fourth-order valence-corrected chi connectivity index (χ4v) is 3.66. The summed E-state index contributed by atoms with van der Waals surface area (Å²) < 4.78 is 37.8. The van der Waals surface area contributed by atoms with E-state index in [0.29, 0.717) is 30.5 Å². The SMILES string of the molecule is CN=C(NCCc1nc(C(F)(F)F)cs1)N1CCN(CC(=O)NC(C)C)CC1.I. The van der Waals surface area contributed by atoms with Gasteiger partial charge in [0.2, 0.25) is 5.91 Å². The van der Waals surface area contributed by atoms with Gasteiger partial charge in [-0.3, -0.25) is 14.7 Å². The molecule has 1 aliphatic heterocycles. The Balaban J connectivity index is 0.00000420. The summed E-state index contributed by atoms with van der Waals surface area (Å²) in [6, 6.07) is 0.127. The molecule has 1 saturated heterocycles. The van der Waals surface area contributed by atoms with Crippen LogP contribution >= 0.6 is 35.3 Å². The third kappa shape index (κ3) is 8.62. The molecule has 29 heavy (non-hydrogen) atoms. The number of aromatic nitrogens is 1. The Kier molecular flexibility index (Phi) is 10.6. The van der Waals surface area contributed by atoms with Crippen LogP contribution < -0.4 is 10.6 Å². The highest BCUT2D eigenvalue weighted by Crippen LogP contribution is 2.29. The van der Waals surface area contributed by atoms with Crippen molar-refractivity contribution < 1.29 is 18.0 Å². The summed E-state index contributed by atoms with van der Waals surface area (Å²) in [6.07, 6.45) is -4.00. The van der Waals surface area contributed by atoms with Gasteiger partial charge in [0, 0.05) is 57.6 Å². The Labute approximate surface area is 190 Å². The molecule has 0 unspecified atom stereocenters. The molecule has 0 radical (unpaired) electrons. The van der Waals surface area contributed by atoms with Crippen LogP contribution in [0, 0.1) is 0 Å². The van der Waals surface area contributed by atoms with Crippen LogP contribution in [0.5, 0.6) is 0 Å². The van der Waals surface area contributed by atoms with Crippen molar-refractivity contribution in [1.82, 2.24) is 25.4 Å². The Morgan fingerprint density at radius 3 is 2.48 bits per heavy atom. The predicted molar refractivity (Wildman–Crippen MR) is 119 cm³/mol. The average Bonchev–Trinajstić information content (AvgIpc) is 3.08. The number of nitrogens with one attached hydrogen (secondary N) is 2. The first-order valence-electron chi connectivity index (χ1n) is 9.18. The second-order valence-corrected chi connectivity index (χ2v) is 7.78. The largest absolute Gasteiger partial charge is 0.434 e. The molecule has 12 heteroatoms. The maximum absolute atomic E-state index is 12.6. The van der Waals surface area contributed by atoms with Crippen LogP contribution in [0.25, 0.3) is 0 Å². The summed E-state index contributed by atoms with van der Waals surface area (Å²) in [4.78, 5) is 23.9. The van der Waals surface area contributed by atoms with Gasteiger partial charge in [0.15, 0.2) is 11.7 Å². The first kappa shape index (κ1) is 25.9. The molecule has 0 aromatic carbocycles. The van der Waals surface area contributed by atoms with E-state index in [-0.39, 0.29) is 35.9 Å². The number of carbonyl (C=O) groups is 1. The number of aliphatic imine (C=N–C) groups is 1. The number of halogens is 4. The molecule has 2 heterocycles. The van der Waals surface area contributed by atoms with Crippen LogP contribution in [0.2, 0.25) is 0 Å². The summed E-state index contributed by atoms with van der Waals surface area (Å²) in [5.41, 5.74) is -0.838. The quantitative estimate of drug-likeness (QED) is 0.324. The number of hydrogen-bond acceptors (Lipinski definition) is 5. The second kappa shape index (κ2) is 11.9. The van der Waals surface area contributed by atoms with Gasteiger partial charge in [0.25, 0.3) is 0 Å². The van der Waals surface area contributed by atoms with Crippen molar-refractivity contribution in [2.45, 2.75) is 32.5 Å². The standard InChI is InChI=1S/C17H27F3N6OS.HI/c1-12(2)23-14(27)10-25-6-8-26(9-7-25)16(21-3)22-5-4-15-24-13(11-28-15)17(18,19)20;/h11-12H,4-10H2,1-3H3,(H,21,22)(H,23,27);1H. The zero-order valence-corrected chi connectivity index (χ0v) is 19.9. The van der Waals surface area contributed by atoms with E-state index in [1.54, 1.807) is 7.05 Å². The number of nitrogens with zero attached hydrogens (tertiary/aromatic N) is 4. The smallest absolute Gasteiger partial charge is 0.356 e. The number of carbonyl (C=O) groups excluding carboxylic acids is 1. The average molecular weight is 548 g/mol. The van der Waals surface area contributed by atoms with E-state index in [9.17, 15) is 18.0 Å². The lowest BCUT2D eigenvalue weighted by Gasteiger charge is -2.36. The van der Waals surface area contributed by atoms with E-state index in [1.807, 2.05) is 13.8 Å². The molecule has 0 spiro atoms. The minimum atomic E-state index is -4.40. The minimum Gasteiger partial charge on any atom is -0.356 e. The highest BCUT2D eigenvalue weighted by Gasteiger charge is 2.33. The zero-order chi connectivity index (χ0) is 20.7. The highest BCUT2D eigenvalue weighted by atomic mass is 127. The third-order valence-corrected chi connectivity index (χ3v) is 5.07. The lowest BCUT2D eigenvalue weighted by atomic mass is 10.3. The van der Waals surface area contributed by atoms with Crippen LogP contribution in [-0.2, 0) is 17.4 Å². The molecule has 2 rings (SSSR count). The lowest BCUT2D eigenvalue weighted by Crippen LogP contribution is -2.54. The molecule has 166 valence electrons. The molecule has 1 aromatic rings. The number of piperazine rings is 1. The van der Waals surface area contributed by atoms with Crippen LogP contribution in [0.1, 0.15) is 24.5 Å². The predicted octanol–water partition coefficient (Wildman–Crippen LogP) is 2.04. The molecule has 1 fully saturated rings. The monoisotopic (exact) mass is 548 g/mol. The van der Waals surface area contributed by atoms with Crippen LogP contribution in [0.3, 0.4) is 0 Å². The summed E-state index contributed by atoms with van der Waals surface area (Å²) in [5.74, 6) is 0.728. The van der Waals surface area contributed by atoms with Gasteiger partial charge >= 0.3 is 6.18 Å². The molecular formula is C17H28F3IN6OS. The molecule has 7 nitrogen and oxygen atoms in total. The molecule has 1 amide bonds. The van der Waals surface area contributed by atoms with E-state index < -0.39 is 11.9 Å². The number of amides is 1. The van der Waals surface area contributed by atoms with Crippen LogP contribution in [-0.4, -0.2) is 79.0 Å². The normalized spacial score (nSPS) is 16.0. The summed E-state index contributed by atoms with van der Waals surface area (Å²) >= 11 is 1.01. The van der Waals surface area contributed by atoms with Gasteiger partial charge in [0.1, 0.15) is 0 Å². The number of guanidine groups is 1. The number of rotatable bonds is 6. The van der Waals surface area contributed by atoms with Crippen molar-refractivity contribution in [3.8, 4) is 0 Å². The van der Waals surface area contributed by atoms with Gasteiger partial charge in [-0.25, -0.2) is 4.98 Å². The molecule has 1 aliphatic rings. The van der Waals surface area contributed by atoms with Crippen molar-refractivity contribution in [3.05, 3.63) is 16.1 Å². The maximum atomic E-state index is 12.6. The molecule has 0 saturated carbocycles. The fourth-order valence-electron chi connectivity index (χ4n) is 2.86. The summed E-state index contributed by atoms with van der Waals surface area (Å²) in [5, 5.41) is 7.55. The van der Waals surface area contributed by atoms with Gasteiger partial charge in [-0.1, -0.05) is 0 Å². The molecule has 2 N–H and O–H groups in total. The number of thiazole rings is 1. The first-order valence-corrected chi connectivity index (χ1v) is 10.1. The summed E-state index contributed by atoms with van der Waals surface area (Å²) in [6.45, 7) is 7.63. The minimum absolute atomic E-state index is 0. The summed E-state index contributed by atoms with van der Waals surface area (Å²) in [7, 11) is 1.68. The Morgan fingerprint density at radius 1 is 1.31 bits per heavy atom. The first-order chi connectivity index (χ1) is 13.2. The Morgan fingerprint density at radius 2 is 1.97 bits per heavy atom. The van der Waals surface area contributed by atoms with E-state index in [2.05, 4.69) is 30.4 Å². The third-order valence-electron chi connectivity index (χ3n) is 4.16. The van der Waals surface area contributed by atoms with E-state index in [1.165, 1.54) is 0 Å². The topological polar surface area (TPSA) is 72.9 Å². The number of alkyl halides is 3. The van der Waals surface area contributed by atoms with Crippen molar-refractivity contribution in [1.29, 1.82) is 0 Å². The van der Waals surface area contributed by atoms with Gasteiger partial charge in [-0.15, -0.1) is 35.3 Å². The van der Waals surface area contributed by atoms with Crippen molar-refractivity contribution in [2.24, 2.45) is 4.99 Å². The number of hydrogen-bond donors (Lipinski definition) is 2. The van der Waals surface area contributed by atoms with Crippen LogP contribution in [0.4, 0.5) is 13.2 Å². The van der Waals surface area contributed by atoms with Crippen LogP contribution in [0.15, 0.2) is 10.4 Å². The van der Waals surface area contributed by atoms with Gasteiger partial charge in [0.05, 0.1) is 11.6 Å². The van der Waals surface area contributed by atoms with Gasteiger partial charge < -0.3 is 15.5 Å². The molecular weight excluding hydrogens is 520 g/mol. The molecule has 1 aromatic heterocycles. The zero-order valence-electron chi connectivity index (χ0n) is 16.8. The molecule has 0 aliphatic carbocycles. The maximum Gasteiger partial charge on any atom is 0.434 e. The van der Waals surface area contributed by atoms with Crippen molar-refractivity contribution in [2.75, 3.05) is 46.3 Å². The lowest BCUT2D eigenvalue weighted by molar-refractivity contribution is -0.140. The van der Waals surface area contributed by atoms with E-state index in [0.717, 1.165) is 42.9 Å².